The lowest BCUT2D eigenvalue weighted by molar-refractivity contribution is -0.116. The average molecular weight is 255 g/mol. The van der Waals surface area contributed by atoms with Crippen LogP contribution in [0.4, 0.5) is 0 Å². The van der Waals surface area contributed by atoms with Gasteiger partial charge in [0.1, 0.15) is 0 Å². The van der Waals surface area contributed by atoms with Crippen molar-refractivity contribution in [1.29, 1.82) is 0 Å². The van der Waals surface area contributed by atoms with E-state index >= 15 is 0 Å². The topological polar surface area (TPSA) is 63.6 Å². The number of methoxy groups -OCH3 is 1. The van der Waals surface area contributed by atoms with E-state index in [0.717, 1.165) is 0 Å². The van der Waals surface area contributed by atoms with E-state index in [-0.39, 0.29) is 17.1 Å². The van der Waals surface area contributed by atoms with Crippen LogP contribution in [0.5, 0.6) is 11.5 Å². The Bertz CT molecular complexity index is 475. The predicted octanol–water partition coefficient (Wildman–Crippen LogP) is 2.14. The molecule has 1 aromatic carbocycles. The Morgan fingerprint density at radius 2 is 2.06 bits per heavy atom. The van der Waals surface area contributed by atoms with Crippen LogP contribution in [0.25, 0.3) is 6.08 Å². The quantitative estimate of drug-likeness (QED) is 0.387. The molecule has 4 nitrogen and oxygen atoms in total. The molecule has 90 valence electrons. The summed E-state index contributed by atoms with van der Waals surface area (Å²) in [5.74, 6) is -0.188. The number of phenolic OH excluding ortho intramolecular Hbond substituents is 1. The summed E-state index contributed by atoms with van der Waals surface area (Å²) in [7, 11) is 1.40. The van der Waals surface area contributed by atoms with Crippen LogP contribution in [-0.4, -0.2) is 23.2 Å². The summed E-state index contributed by atoms with van der Waals surface area (Å²) in [4.78, 5) is 22.2. The summed E-state index contributed by atoms with van der Waals surface area (Å²) in [5.41, 5.74) is 0.429. The number of ether oxygens (including phenoxy) is 1. The monoisotopic (exact) mass is 254 g/mol. The van der Waals surface area contributed by atoms with Gasteiger partial charge in [0.15, 0.2) is 17.3 Å². The Hall–Kier alpha value is -1.81. The van der Waals surface area contributed by atoms with E-state index in [4.69, 9.17) is 16.3 Å². The third kappa shape index (κ3) is 3.32. The van der Waals surface area contributed by atoms with Gasteiger partial charge in [0, 0.05) is 0 Å². The maximum absolute atomic E-state index is 11.2. The highest BCUT2D eigenvalue weighted by Gasteiger charge is 2.12. The van der Waals surface area contributed by atoms with Crippen molar-refractivity contribution in [3.63, 3.8) is 0 Å². The first kappa shape index (κ1) is 13.3. The highest BCUT2D eigenvalue weighted by atomic mass is 35.5. The molecule has 1 rings (SSSR count). The van der Waals surface area contributed by atoms with Gasteiger partial charge in [-0.05, 0) is 42.3 Å². The number of ketones is 1. The molecule has 0 unspecified atom stereocenters. The molecule has 0 aliphatic heterocycles. The van der Waals surface area contributed by atoms with E-state index in [1.165, 1.54) is 32.2 Å². The lowest BCUT2D eigenvalue weighted by Gasteiger charge is -2.04. The maximum atomic E-state index is 11.2. The van der Waals surface area contributed by atoms with Gasteiger partial charge in [-0.15, -0.1) is 0 Å². The van der Waals surface area contributed by atoms with Gasteiger partial charge in [-0.2, -0.15) is 0 Å². The summed E-state index contributed by atoms with van der Waals surface area (Å²) in [6, 6.07) is 4.44. The zero-order chi connectivity index (χ0) is 13.0. The third-order valence-electron chi connectivity index (χ3n) is 2.11. The Balaban J connectivity index is 3.21. The molecular formula is C12H11ClO4. The van der Waals surface area contributed by atoms with E-state index < -0.39 is 11.0 Å². The number of carbonyl (C=O) groups is 2. The van der Waals surface area contributed by atoms with Crippen LogP contribution in [0.3, 0.4) is 0 Å². The summed E-state index contributed by atoms with van der Waals surface area (Å²) in [5, 5.41) is 8.57. The summed E-state index contributed by atoms with van der Waals surface area (Å²) < 4.78 is 4.91. The number of benzene rings is 1. The van der Waals surface area contributed by atoms with E-state index in [1.54, 1.807) is 6.07 Å². The van der Waals surface area contributed by atoms with Crippen molar-refractivity contribution >= 4 is 28.7 Å². The van der Waals surface area contributed by atoms with Crippen molar-refractivity contribution < 1.29 is 19.4 Å². The molecule has 0 aromatic heterocycles. The fourth-order valence-corrected chi connectivity index (χ4v) is 1.44. The number of Topliss-reactive ketones (excluding diaryl/α,β-unsaturated/α-hetero) is 1. The van der Waals surface area contributed by atoms with Gasteiger partial charge in [-0.1, -0.05) is 6.07 Å². The standard InChI is InChI=1S/C12H11ClO4/c1-7(14)9(12(13)16)5-8-3-4-10(15)11(6-8)17-2/h3-6,15H,1-2H3/b9-5+. The SMILES string of the molecule is COc1cc(/C=C(\C(C)=O)C(=O)Cl)ccc1O. The predicted molar refractivity (Wildman–Crippen MR) is 64.2 cm³/mol. The van der Waals surface area contributed by atoms with E-state index in [9.17, 15) is 14.7 Å². The molecule has 0 heterocycles. The molecular weight excluding hydrogens is 244 g/mol. The average Bonchev–Trinajstić information content (AvgIpc) is 2.26. The number of aromatic hydroxyl groups is 1. The van der Waals surface area contributed by atoms with Gasteiger partial charge in [0.2, 0.25) is 0 Å². The zero-order valence-electron chi connectivity index (χ0n) is 9.36. The molecule has 17 heavy (non-hydrogen) atoms. The van der Waals surface area contributed by atoms with Gasteiger partial charge >= 0.3 is 0 Å². The number of phenols is 1. The van der Waals surface area contributed by atoms with Crippen molar-refractivity contribution in [2.75, 3.05) is 7.11 Å². The second kappa shape index (κ2) is 5.50. The van der Waals surface area contributed by atoms with E-state index in [0.29, 0.717) is 5.56 Å². The van der Waals surface area contributed by atoms with Crippen LogP contribution in [0.15, 0.2) is 23.8 Å². The normalized spacial score (nSPS) is 11.1. The lowest BCUT2D eigenvalue weighted by atomic mass is 10.1. The lowest BCUT2D eigenvalue weighted by Crippen LogP contribution is -2.03. The van der Waals surface area contributed by atoms with Crippen molar-refractivity contribution in [2.24, 2.45) is 0 Å². The van der Waals surface area contributed by atoms with Gasteiger partial charge in [-0.25, -0.2) is 0 Å². The molecule has 0 fully saturated rings. The minimum atomic E-state index is -0.815. The summed E-state index contributed by atoms with van der Waals surface area (Å²) in [6.07, 6.45) is 1.35. The molecule has 0 saturated heterocycles. The Morgan fingerprint density at radius 1 is 1.41 bits per heavy atom. The van der Waals surface area contributed by atoms with Crippen LogP contribution in [0, 0.1) is 0 Å². The molecule has 5 heteroatoms. The second-order valence-electron chi connectivity index (χ2n) is 3.32. The summed E-state index contributed by atoms with van der Waals surface area (Å²) in [6.45, 7) is 1.25. The highest BCUT2D eigenvalue weighted by molar-refractivity contribution is 6.71. The molecule has 0 amide bonds. The van der Waals surface area contributed by atoms with Crippen LogP contribution in [-0.2, 0) is 9.59 Å². The Labute approximate surface area is 103 Å². The number of rotatable bonds is 4. The molecule has 0 spiro atoms. The largest absolute Gasteiger partial charge is 0.504 e. The van der Waals surface area contributed by atoms with Gasteiger partial charge in [0.25, 0.3) is 5.24 Å². The fraction of sp³-hybridized carbons (Fsp3) is 0.167. The first-order valence-corrected chi connectivity index (χ1v) is 5.13. The van der Waals surface area contributed by atoms with Gasteiger partial charge in [-0.3, -0.25) is 9.59 Å². The van der Waals surface area contributed by atoms with Crippen LogP contribution < -0.4 is 4.74 Å². The number of carbonyl (C=O) groups excluding carboxylic acids is 2. The molecule has 0 saturated carbocycles. The van der Waals surface area contributed by atoms with Crippen molar-refractivity contribution in [3.05, 3.63) is 29.3 Å². The summed E-state index contributed by atoms with van der Waals surface area (Å²) >= 11 is 5.28. The fourth-order valence-electron chi connectivity index (χ4n) is 1.25. The van der Waals surface area contributed by atoms with Crippen molar-refractivity contribution in [1.82, 2.24) is 0 Å². The molecule has 0 aliphatic rings. The van der Waals surface area contributed by atoms with Crippen molar-refractivity contribution in [3.8, 4) is 11.5 Å². The third-order valence-corrected chi connectivity index (χ3v) is 2.31. The molecule has 0 atom stereocenters. The second-order valence-corrected chi connectivity index (χ2v) is 3.66. The molecule has 1 N–H and O–H groups in total. The molecule has 0 aliphatic carbocycles. The van der Waals surface area contributed by atoms with Gasteiger partial charge in [0.05, 0.1) is 12.7 Å². The van der Waals surface area contributed by atoms with Crippen molar-refractivity contribution in [2.45, 2.75) is 6.92 Å². The number of halogens is 1. The Kier molecular flexibility index (Phi) is 4.29. The highest BCUT2D eigenvalue weighted by Crippen LogP contribution is 2.27. The maximum Gasteiger partial charge on any atom is 0.255 e. The first-order chi connectivity index (χ1) is 7.95. The van der Waals surface area contributed by atoms with Crippen LogP contribution in [0.2, 0.25) is 0 Å². The van der Waals surface area contributed by atoms with E-state index in [2.05, 4.69) is 0 Å². The molecule has 0 bridgehead atoms. The number of allylic oxidation sites excluding steroid dienone is 1. The Morgan fingerprint density at radius 3 is 2.53 bits per heavy atom. The molecule has 1 aromatic rings. The molecule has 0 radical (unpaired) electrons. The number of hydrogen-bond acceptors (Lipinski definition) is 4. The smallest absolute Gasteiger partial charge is 0.255 e. The van der Waals surface area contributed by atoms with Gasteiger partial charge < -0.3 is 9.84 Å². The minimum absolute atomic E-state index is 0.0220. The minimum Gasteiger partial charge on any atom is -0.504 e. The van der Waals surface area contributed by atoms with E-state index in [1.807, 2.05) is 0 Å². The zero-order valence-corrected chi connectivity index (χ0v) is 10.1. The van der Waals surface area contributed by atoms with Crippen LogP contribution in [0.1, 0.15) is 12.5 Å². The van der Waals surface area contributed by atoms with Crippen LogP contribution >= 0.6 is 11.6 Å². The number of hydrogen-bond donors (Lipinski definition) is 1. The first-order valence-electron chi connectivity index (χ1n) is 4.75.